The first-order valence-corrected chi connectivity index (χ1v) is 7.76. The lowest BCUT2D eigenvalue weighted by Crippen LogP contribution is -2.08. The van der Waals surface area contributed by atoms with Gasteiger partial charge in [-0.2, -0.15) is 11.3 Å². The lowest BCUT2D eigenvalue weighted by atomic mass is 10.3. The molecule has 0 unspecified atom stereocenters. The van der Waals surface area contributed by atoms with Gasteiger partial charge in [-0.3, -0.25) is 0 Å². The van der Waals surface area contributed by atoms with Crippen LogP contribution in [0.5, 0.6) is 0 Å². The molecule has 0 saturated heterocycles. The van der Waals surface area contributed by atoms with Crippen LogP contribution in [0.4, 0.5) is 5.69 Å². The number of nitrogens with two attached hydrogens (primary N) is 1. The van der Waals surface area contributed by atoms with Crippen molar-refractivity contribution in [3.05, 3.63) is 45.6 Å². The van der Waals surface area contributed by atoms with E-state index in [1.807, 2.05) is 5.38 Å². The molecule has 2 N–H and O–H groups in total. The molecule has 0 fully saturated rings. The third-order valence-corrected chi connectivity index (χ3v) is 5.20. The molecule has 1 aromatic heterocycles. The molecule has 0 aliphatic carbocycles. The van der Waals surface area contributed by atoms with Gasteiger partial charge in [0, 0.05) is 0 Å². The molecule has 2 aromatic rings. The number of benzene rings is 1. The summed E-state index contributed by atoms with van der Waals surface area (Å²) in [4.78, 5) is 0.0212. The van der Waals surface area contributed by atoms with Crippen molar-refractivity contribution in [3.63, 3.8) is 0 Å². The van der Waals surface area contributed by atoms with E-state index >= 15 is 0 Å². The highest BCUT2D eigenvalue weighted by atomic mass is 35.5. The Balaban J connectivity index is 2.45. The molecule has 0 aliphatic rings. The average Bonchev–Trinajstić information content (AvgIpc) is 2.68. The highest BCUT2D eigenvalue weighted by Crippen LogP contribution is 2.30. The first-order valence-electron chi connectivity index (χ1n) is 4.78. The molecule has 6 heteroatoms. The summed E-state index contributed by atoms with van der Waals surface area (Å²) in [5.74, 6) is -0.0789. The molecule has 0 aliphatic heterocycles. The fourth-order valence-corrected chi connectivity index (χ4v) is 4.38. The number of sulfone groups is 1. The first kappa shape index (κ1) is 12.4. The van der Waals surface area contributed by atoms with Crippen molar-refractivity contribution < 1.29 is 8.42 Å². The molecule has 0 bridgehead atoms. The van der Waals surface area contributed by atoms with Crippen molar-refractivity contribution in [2.24, 2.45) is 0 Å². The monoisotopic (exact) mass is 287 g/mol. The van der Waals surface area contributed by atoms with E-state index in [1.165, 1.54) is 23.5 Å². The highest BCUT2D eigenvalue weighted by molar-refractivity contribution is 7.91. The fourth-order valence-electron chi connectivity index (χ4n) is 1.52. The predicted molar refractivity (Wildman–Crippen MR) is 71.1 cm³/mol. The fraction of sp³-hybridized carbons (Fsp3) is 0.0909. The van der Waals surface area contributed by atoms with Gasteiger partial charge in [-0.15, -0.1) is 0 Å². The predicted octanol–water partition coefficient (Wildman–Crippen LogP) is 2.96. The number of nitrogen functional groups attached to an aromatic ring is 1. The Kier molecular flexibility index (Phi) is 3.42. The summed E-state index contributed by atoms with van der Waals surface area (Å²) < 4.78 is 24.4. The molecule has 0 atom stereocenters. The molecule has 3 nitrogen and oxygen atoms in total. The second-order valence-corrected chi connectivity index (χ2v) is 6.66. The van der Waals surface area contributed by atoms with E-state index in [9.17, 15) is 8.42 Å². The minimum Gasteiger partial charge on any atom is -0.398 e. The van der Waals surface area contributed by atoms with Gasteiger partial charge in [0.05, 0.1) is 16.5 Å². The second kappa shape index (κ2) is 4.68. The Labute approximate surface area is 109 Å². The Morgan fingerprint density at radius 1 is 1.29 bits per heavy atom. The largest absolute Gasteiger partial charge is 0.398 e. The average molecular weight is 288 g/mol. The number of hydrogen-bond donors (Lipinski definition) is 1. The van der Waals surface area contributed by atoms with E-state index < -0.39 is 9.84 Å². The van der Waals surface area contributed by atoms with Crippen LogP contribution in [0.2, 0.25) is 5.02 Å². The normalized spacial score (nSPS) is 11.6. The van der Waals surface area contributed by atoms with Gasteiger partial charge in [0.15, 0.2) is 9.84 Å². The van der Waals surface area contributed by atoms with Crippen LogP contribution in [0.25, 0.3) is 0 Å². The topological polar surface area (TPSA) is 60.2 Å². The van der Waals surface area contributed by atoms with Crippen LogP contribution >= 0.6 is 22.9 Å². The molecule has 17 heavy (non-hydrogen) atoms. The van der Waals surface area contributed by atoms with Gasteiger partial charge in [-0.25, -0.2) is 8.42 Å². The molecule has 90 valence electrons. The number of hydrogen-bond acceptors (Lipinski definition) is 4. The summed E-state index contributed by atoms with van der Waals surface area (Å²) in [5, 5.41) is 3.80. The Bertz CT molecular complexity index is 601. The SMILES string of the molecule is Nc1cccc(Cl)c1S(=O)(=O)Cc1ccsc1. The summed E-state index contributed by atoms with van der Waals surface area (Å²) in [6.07, 6.45) is 0. The molecular weight excluding hydrogens is 278 g/mol. The maximum atomic E-state index is 12.2. The van der Waals surface area contributed by atoms with Crippen LogP contribution in [-0.2, 0) is 15.6 Å². The van der Waals surface area contributed by atoms with Crippen molar-refractivity contribution in [2.75, 3.05) is 5.73 Å². The smallest absolute Gasteiger partial charge is 0.186 e. The van der Waals surface area contributed by atoms with Gasteiger partial charge < -0.3 is 5.73 Å². The number of anilines is 1. The van der Waals surface area contributed by atoms with Crippen molar-refractivity contribution in [2.45, 2.75) is 10.6 Å². The van der Waals surface area contributed by atoms with E-state index in [2.05, 4.69) is 0 Å². The molecule has 0 amide bonds. The van der Waals surface area contributed by atoms with Crippen LogP contribution < -0.4 is 5.73 Å². The van der Waals surface area contributed by atoms with Gasteiger partial charge in [-0.1, -0.05) is 17.7 Å². The maximum Gasteiger partial charge on any atom is 0.186 e. The summed E-state index contributed by atoms with van der Waals surface area (Å²) in [6.45, 7) is 0. The third-order valence-electron chi connectivity index (χ3n) is 2.25. The highest BCUT2D eigenvalue weighted by Gasteiger charge is 2.21. The van der Waals surface area contributed by atoms with Gasteiger partial charge in [-0.05, 0) is 34.5 Å². The van der Waals surface area contributed by atoms with Crippen LogP contribution in [0.15, 0.2) is 39.9 Å². The van der Waals surface area contributed by atoms with E-state index in [1.54, 1.807) is 17.5 Å². The zero-order valence-electron chi connectivity index (χ0n) is 8.76. The molecule has 0 radical (unpaired) electrons. The molecule has 1 aromatic carbocycles. The standard InChI is InChI=1S/C11H10ClNO2S2/c12-9-2-1-3-10(13)11(9)17(14,15)7-8-4-5-16-6-8/h1-6H,7,13H2. The summed E-state index contributed by atoms with van der Waals surface area (Å²) in [7, 11) is -3.49. The van der Waals surface area contributed by atoms with Crippen molar-refractivity contribution >= 4 is 38.5 Å². The minimum atomic E-state index is -3.49. The summed E-state index contributed by atoms with van der Waals surface area (Å²) in [6, 6.07) is 6.46. The zero-order chi connectivity index (χ0) is 12.5. The van der Waals surface area contributed by atoms with Crippen molar-refractivity contribution in [1.82, 2.24) is 0 Å². The third kappa shape index (κ3) is 2.62. The number of halogens is 1. The van der Waals surface area contributed by atoms with E-state index in [0.717, 1.165) is 5.56 Å². The van der Waals surface area contributed by atoms with Crippen LogP contribution in [-0.4, -0.2) is 8.42 Å². The Morgan fingerprint density at radius 2 is 2.06 bits per heavy atom. The molecule has 1 heterocycles. The first-order chi connectivity index (χ1) is 8.00. The zero-order valence-corrected chi connectivity index (χ0v) is 11.1. The molecule has 0 saturated carbocycles. The van der Waals surface area contributed by atoms with E-state index in [4.69, 9.17) is 17.3 Å². The van der Waals surface area contributed by atoms with Gasteiger partial charge in [0.1, 0.15) is 4.90 Å². The molecule has 0 spiro atoms. The van der Waals surface area contributed by atoms with Gasteiger partial charge in [0.2, 0.25) is 0 Å². The number of rotatable bonds is 3. The molecule has 2 rings (SSSR count). The maximum absolute atomic E-state index is 12.2. The summed E-state index contributed by atoms with van der Waals surface area (Å²) >= 11 is 7.35. The van der Waals surface area contributed by atoms with Crippen molar-refractivity contribution in [1.29, 1.82) is 0 Å². The summed E-state index contributed by atoms with van der Waals surface area (Å²) in [5.41, 5.74) is 6.61. The van der Waals surface area contributed by atoms with E-state index in [-0.39, 0.29) is 21.4 Å². The lowest BCUT2D eigenvalue weighted by molar-refractivity contribution is 0.596. The molecular formula is C11H10ClNO2S2. The van der Waals surface area contributed by atoms with E-state index in [0.29, 0.717) is 0 Å². The van der Waals surface area contributed by atoms with Crippen LogP contribution in [0.1, 0.15) is 5.56 Å². The minimum absolute atomic E-state index is 0.0212. The van der Waals surface area contributed by atoms with Crippen LogP contribution in [0.3, 0.4) is 0 Å². The number of thiophene rings is 1. The lowest BCUT2D eigenvalue weighted by Gasteiger charge is -2.08. The second-order valence-electron chi connectivity index (χ2n) is 3.55. The van der Waals surface area contributed by atoms with Gasteiger partial charge in [0.25, 0.3) is 0 Å². The van der Waals surface area contributed by atoms with Crippen LogP contribution in [0, 0.1) is 0 Å². The van der Waals surface area contributed by atoms with Gasteiger partial charge >= 0.3 is 0 Å². The quantitative estimate of drug-likeness (QED) is 0.883. The Hall–Kier alpha value is -1.04. The van der Waals surface area contributed by atoms with Crippen molar-refractivity contribution in [3.8, 4) is 0 Å². The Morgan fingerprint density at radius 3 is 2.65 bits per heavy atom.